The van der Waals surface area contributed by atoms with E-state index in [1.807, 2.05) is 0 Å². The van der Waals surface area contributed by atoms with E-state index in [1.165, 1.54) is 13.2 Å². The summed E-state index contributed by atoms with van der Waals surface area (Å²) < 4.78 is 4.89. The molecule has 0 heterocycles. The van der Waals surface area contributed by atoms with Crippen LogP contribution in [0.1, 0.15) is 5.56 Å². The molecule has 0 N–H and O–H groups in total. The fraction of sp³-hybridized carbons (Fsp3) is 0.250. The monoisotopic (exact) mass is 201 g/mol. The molecule has 5 heteroatoms. The SMILES string of the molecule is COc1c(C)ccc(Cl)c1[N+](=O)[O-]. The van der Waals surface area contributed by atoms with Gasteiger partial charge in [-0.05, 0) is 18.6 Å². The Bertz CT molecular complexity index is 351. The van der Waals surface area contributed by atoms with Gasteiger partial charge in [-0.1, -0.05) is 17.7 Å². The average molecular weight is 202 g/mol. The number of aryl methyl sites for hydroxylation is 1. The fourth-order valence-electron chi connectivity index (χ4n) is 1.08. The first-order valence-corrected chi connectivity index (χ1v) is 3.93. The molecule has 0 aliphatic heterocycles. The van der Waals surface area contributed by atoms with Gasteiger partial charge in [0, 0.05) is 0 Å². The van der Waals surface area contributed by atoms with Crippen LogP contribution in [0.4, 0.5) is 5.69 Å². The lowest BCUT2D eigenvalue weighted by Gasteiger charge is -2.05. The van der Waals surface area contributed by atoms with Crippen LogP contribution in [0.15, 0.2) is 12.1 Å². The highest BCUT2D eigenvalue weighted by atomic mass is 35.5. The van der Waals surface area contributed by atoms with Crippen molar-refractivity contribution in [2.75, 3.05) is 7.11 Å². The predicted octanol–water partition coefficient (Wildman–Crippen LogP) is 2.57. The van der Waals surface area contributed by atoms with E-state index < -0.39 is 4.92 Å². The Balaban J connectivity index is 3.43. The van der Waals surface area contributed by atoms with Crippen molar-refractivity contribution in [1.29, 1.82) is 0 Å². The number of rotatable bonds is 2. The molecule has 0 unspecified atom stereocenters. The van der Waals surface area contributed by atoms with Gasteiger partial charge in [0.05, 0.1) is 12.0 Å². The number of hydrogen-bond acceptors (Lipinski definition) is 3. The summed E-state index contributed by atoms with van der Waals surface area (Å²) in [5.74, 6) is 0.220. The van der Waals surface area contributed by atoms with Crippen LogP contribution in [0.25, 0.3) is 0 Å². The summed E-state index contributed by atoms with van der Waals surface area (Å²) in [5, 5.41) is 10.7. The number of nitro groups is 1. The third-order valence-corrected chi connectivity index (χ3v) is 1.97. The first-order valence-electron chi connectivity index (χ1n) is 3.55. The maximum Gasteiger partial charge on any atom is 0.329 e. The second-order valence-corrected chi connectivity index (χ2v) is 2.91. The number of nitrogens with zero attached hydrogens (tertiary/aromatic N) is 1. The van der Waals surface area contributed by atoms with Gasteiger partial charge in [0.25, 0.3) is 0 Å². The number of benzene rings is 1. The molecule has 0 aliphatic carbocycles. The Morgan fingerprint density at radius 3 is 2.54 bits per heavy atom. The van der Waals surface area contributed by atoms with E-state index in [0.29, 0.717) is 5.56 Å². The minimum Gasteiger partial charge on any atom is -0.490 e. The van der Waals surface area contributed by atoms with Crippen molar-refractivity contribution in [2.45, 2.75) is 6.92 Å². The van der Waals surface area contributed by atoms with E-state index in [0.717, 1.165) is 0 Å². The molecule has 0 saturated carbocycles. The normalized spacial score (nSPS) is 9.77. The van der Waals surface area contributed by atoms with E-state index in [2.05, 4.69) is 0 Å². The molecule has 0 spiro atoms. The van der Waals surface area contributed by atoms with E-state index in [-0.39, 0.29) is 16.5 Å². The molecule has 0 aromatic heterocycles. The summed E-state index contributed by atoms with van der Waals surface area (Å²) in [4.78, 5) is 10.0. The van der Waals surface area contributed by atoms with Crippen LogP contribution in [0, 0.1) is 17.0 Å². The molecule has 0 radical (unpaired) electrons. The lowest BCUT2D eigenvalue weighted by Crippen LogP contribution is -1.96. The van der Waals surface area contributed by atoms with Crippen LogP contribution in [-0.2, 0) is 0 Å². The maximum atomic E-state index is 10.6. The topological polar surface area (TPSA) is 52.4 Å². The van der Waals surface area contributed by atoms with E-state index in [1.54, 1.807) is 13.0 Å². The minimum atomic E-state index is -0.547. The zero-order valence-corrected chi connectivity index (χ0v) is 7.96. The maximum absolute atomic E-state index is 10.6. The Morgan fingerprint density at radius 1 is 1.54 bits per heavy atom. The van der Waals surface area contributed by atoms with Gasteiger partial charge in [-0.15, -0.1) is 0 Å². The van der Waals surface area contributed by atoms with E-state index in [9.17, 15) is 10.1 Å². The zero-order chi connectivity index (χ0) is 10.0. The van der Waals surface area contributed by atoms with Crippen molar-refractivity contribution >= 4 is 17.3 Å². The first kappa shape index (κ1) is 9.80. The summed E-state index contributed by atoms with van der Waals surface area (Å²) in [6.07, 6.45) is 0. The predicted molar refractivity (Wildman–Crippen MR) is 49.4 cm³/mol. The van der Waals surface area contributed by atoms with Gasteiger partial charge < -0.3 is 4.74 Å². The molecule has 0 atom stereocenters. The van der Waals surface area contributed by atoms with Crippen LogP contribution in [0.5, 0.6) is 5.75 Å². The first-order chi connectivity index (χ1) is 6.07. The fourth-order valence-corrected chi connectivity index (χ4v) is 1.29. The number of ether oxygens (including phenoxy) is 1. The summed E-state index contributed by atoms with van der Waals surface area (Å²) >= 11 is 5.65. The molecule has 1 aromatic carbocycles. The molecular weight excluding hydrogens is 194 g/mol. The zero-order valence-electron chi connectivity index (χ0n) is 7.20. The highest BCUT2D eigenvalue weighted by Crippen LogP contribution is 2.36. The van der Waals surface area contributed by atoms with Gasteiger partial charge >= 0.3 is 5.69 Å². The number of halogens is 1. The minimum absolute atomic E-state index is 0.0902. The molecule has 70 valence electrons. The summed E-state index contributed by atoms with van der Waals surface area (Å²) in [6.45, 7) is 1.72. The second kappa shape index (κ2) is 3.62. The Kier molecular flexibility index (Phi) is 2.72. The van der Waals surface area contributed by atoms with Gasteiger partial charge in [0.15, 0.2) is 0 Å². The molecule has 4 nitrogen and oxygen atoms in total. The molecule has 13 heavy (non-hydrogen) atoms. The Morgan fingerprint density at radius 2 is 2.15 bits per heavy atom. The summed E-state index contributed by atoms with van der Waals surface area (Å²) in [7, 11) is 1.38. The van der Waals surface area contributed by atoms with Gasteiger partial charge in [-0.3, -0.25) is 10.1 Å². The quantitative estimate of drug-likeness (QED) is 0.546. The smallest absolute Gasteiger partial charge is 0.329 e. The molecule has 0 amide bonds. The van der Waals surface area contributed by atoms with E-state index >= 15 is 0 Å². The molecule has 0 bridgehead atoms. The van der Waals surface area contributed by atoms with Gasteiger partial charge in [0.2, 0.25) is 5.75 Å². The van der Waals surface area contributed by atoms with Crippen LogP contribution in [0.3, 0.4) is 0 Å². The standard InChI is InChI=1S/C8H8ClNO3/c1-5-3-4-6(9)7(10(11)12)8(5)13-2/h3-4H,1-2H3. The highest BCUT2D eigenvalue weighted by Gasteiger charge is 2.21. The second-order valence-electron chi connectivity index (χ2n) is 2.50. The summed E-state index contributed by atoms with van der Waals surface area (Å²) in [6, 6.07) is 3.16. The van der Waals surface area contributed by atoms with Crippen molar-refractivity contribution in [3.05, 3.63) is 32.8 Å². The molecule has 1 aromatic rings. The van der Waals surface area contributed by atoms with Gasteiger partial charge in [-0.25, -0.2) is 0 Å². The third kappa shape index (κ3) is 1.72. The van der Waals surface area contributed by atoms with Crippen molar-refractivity contribution < 1.29 is 9.66 Å². The van der Waals surface area contributed by atoms with Crippen molar-refractivity contribution in [1.82, 2.24) is 0 Å². The summed E-state index contributed by atoms with van der Waals surface area (Å²) in [5.41, 5.74) is 0.516. The van der Waals surface area contributed by atoms with Crippen molar-refractivity contribution in [2.24, 2.45) is 0 Å². The Hall–Kier alpha value is -1.29. The lowest BCUT2D eigenvalue weighted by atomic mass is 10.2. The van der Waals surface area contributed by atoms with Gasteiger partial charge in [-0.2, -0.15) is 0 Å². The molecule has 0 saturated heterocycles. The lowest BCUT2D eigenvalue weighted by molar-refractivity contribution is -0.385. The largest absolute Gasteiger partial charge is 0.490 e. The number of methoxy groups -OCH3 is 1. The van der Waals surface area contributed by atoms with Crippen LogP contribution in [0.2, 0.25) is 5.02 Å². The molecule has 0 aliphatic rings. The highest BCUT2D eigenvalue weighted by molar-refractivity contribution is 6.33. The number of nitro benzene ring substituents is 1. The van der Waals surface area contributed by atoms with Gasteiger partial charge in [0.1, 0.15) is 5.02 Å². The van der Waals surface area contributed by atoms with Crippen LogP contribution >= 0.6 is 11.6 Å². The third-order valence-electron chi connectivity index (χ3n) is 1.67. The number of hydrogen-bond donors (Lipinski definition) is 0. The molecule has 1 rings (SSSR count). The van der Waals surface area contributed by atoms with Crippen LogP contribution in [-0.4, -0.2) is 12.0 Å². The van der Waals surface area contributed by atoms with Crippen molar-refractivity contribution in [3.8, 4) is 5.75 Å². The van der Waals surface area contributed by atoms with Crippen molar-refractivity contribution in [3.63, 3.8) is 0 Å². The Labute approximate surface area is 80.2 Å². The van der Waals surface area contributed by atoms with E-state index in [4.69, 9.17) is 16.3 Å². The molecule has 0 fully saturated rings. The molecular formula is C8H8ClNO3. The average Bonchev–Trinajstić information content (AvgIpc) is 2.07. The van der Waals surface area contributed by atoms with Crippen LogP contribution < -0.4 is 4.74 Å².